The first-order chi connectivity index (χ1) is 10.1. The van der Waals surface area contributed by atoms with Gasteiger partial charge in [0.25, 0.3) is 0 Å². The van der Waals surface area contributed by atoms with E-state index in [1.54, 1.807) is 0 Å². The number of rotatable bonds is 15. The Balaban J connectivity index is 3.10. The highest BCUT2D eigenvalue weighted by atomic mass is 16.4. The molecule has 0 saturated heterocycles. The highest BCUT2D eigenvalue weighted by molar-refractivity contribution is 5.66. The molecule has 2 N–H and O–H groups in total. The predicted molar refractivity (Wildman–Crippen MR) is 88.5 cm³/mol. The Hall–Kier alpha value is -0.830. The Bertz CT molecular complexity index is 259. The van der Waals surface area contributed by atoms with Crippen LogP contribution in [0.1, 0.15) is 90.4 Å². The molecule has 0 radical (unpaired) electrons. The number of aliphatic carboxylic acids is 1. The van der Waals surface area contributed by atoms with Crippen LogP contribution in [0.3, 0.4) is 0 Å². The SMILES string of the molecule is CC(O)CCCCCC/C=C/CCCCCCCC(=O)O. The van der Waals surface area contributed by atoms with Crippen molar-refractivity contribution in [1.29, 1.82) is 0 Å². The summed E-state index contributed by atoms with van der Waals surface area (Å²) in [6.07, 6.45) is 18.4. The molecule has 3 heteroatoms. The molecule has 0 aliphatic carbocycles. The van der Waals surface area contributed by atoms with E-state index < -0.39 is 5.97 Å². The van der Waals surface area contributed by atoms with Gasteiger partial charge in [-0.2, -0.15) is 0 Å². The molecule has 1 unspecified atom stereocenters. The molecule has 0 heterocycles. The van der Waals surface area contributed by atoms with Crippen molar-refractivity contribution in [2.45, 2.75) is 96.5 Å². The fraction of sp³-hybridized carbons (Fsp3) is 0.833. The van der Waals surface area contributed by atoms with Gasteiger partial charge in [0.1, 0.15) is 0 Å². The molecule has 0 aromatic carbocycles. The van der Waals surface area contributed by atoms with Crippen LogP contribution in [0.2, 0.25) is 0 Å². The molecular weight excluding hydrogens is 264 g/mol. The standard InChI is InChI=1S/C18H34O3/c1-17(19)15-13-11-9-7-5-3-2-4-6-8-10-12-14-16-18(20)21/h2-3,17,19H,4-16H2,1H3,(H,20,21)/b3-2+. The van der Waals surface area contributed by atoms with Crippen molar-refractivity contribution in [2.24, 2.45) is 0 Å². The molecule has 0 aliphatic rings. The van der Waals surface area contributed by atoms with Gasteiger partial charge in [-0.3, -0.25) is 4.79 Å². The van der Waals surface area contributed by atoms with Gasteiger partial charge in [-0.1, -0.05) is 50.7 Å². The highest BCUT2D eigenvalue weighted by Gasteiger charge is 1.96. The first-order valence-corrected chi connectivity index (χ1v) is 8.67. The number of carboxylic acid groups (broad SMARTS) is 1. The molecule has 0 rings (SSSR count). The van der Waals surface area contributed by atoms with Crippen LogP contribution >= 0.6 is 0 Å². The largest absolute Gasteiger partial charge is 0.481 e. The number of aliphatic hydroxyl groups excluding tert-OH is 1. The first-order valence-electron chi connectivity index (χ1n) is 8.67. The van der Waals surface area contributed by atoms with Gasteiger partial charge in [0.2, 0.25) is 0 Å². The van der Waals surface area contributed by atoms with Crippen LogP contribution < -0.4 is 0 Å². The maximum atomic E-state index is 10.3. The lowest BCUT2D eigenvalue weighted by Gasteiger charge is -2.02. The summed E-state index contributed by atoms with van der Waals surface area (Å²) in [6, 6.07) is 0. The summed E-state index contributed by atoms with van der Waals surface area (Å²) in [5.74, 6) is -0.677. The molecule has 0 fully saturated rings. The Morgan fingerprint density at radius 1 is 0.857 bits per heavy atom. The van der Waals surface area contributed by atoms with Crippen molar-refractivity contribution in [1.82, 2.24) is 0 Å². The number of hydrogen-bond acceptors (Lipinski definition) is 2. The van der Waals surface area contributed by atoms with E-state index in [1.165, 1.54) is 38.5 Å². The number of allylic oxidation sites excluding steroid dienone is 2. The average molecular weight is 298 g/mol. The molecule has 0 bridgehead atoms. The third-order valence-electron chi connectivity index (χ3n) is 3.67. The molecule has 0 aliphatic heterocycles. The van der Waals surface area contributed by atoms with Gasteiger partial charge in [-0.15, -0.1) is 0 Å². The van der Waals surface area contributed by atoms with E-state index in [1.807, 2.05) is 6.92 Å². The van der Waals surface area contributed by atoms with Crippen molar-refractivity contribution < 1.29 is 15.0 Å². The van der Waals surface area contributed by atoms with Crippen molar-refractivity contribution in [3.63, 3.8) is 0 Å². The van der Waals surface area contributed by atoms with Gasteiger partial charge < -0.3 is 10.2 Å². The molecule has 0 aromatic rings. The van der Waals surface area contributed by atoms with E-state index in [0.717, 1.165) is 38.5 Å². The van der Waals surface area contributed by atoms with E-state index in [2.05, 4.69) is 12.2 Å². The van der Waals surface area contributed by atoms with E-state index in [0.29, 0.717) is 6.42 Å². The van der Waals surface area contributed by atoms with E-state index >= 15 is 0 Å². The lowest BCUT2D eigenvalue weighted by atomic mass is 10.1. The smallest absolute Gasteiger partial charge is 0.303 e. The van der Waals surface area contributed by atoms with Crippen LogP contribution in [0.25, 0.3) is 0 Å². The number of unbranched alkanes of at least 4 members (excludes halogenated alkanes) is 9. The maximum absolute atomic E-state index is 10.3. The molecule has 0 amide bonds. The van der Waals surface area contributed by atoms with Crippen LogP contribution in [0.5, 0.6) is 0 Å². The molecule has 124 valence electrons. The monoisotopic (exact) mass is 298 g/mol. The Labute approximate surface area is 130 Å². The third-order valence-corrected chi connectivity index (χ3v) is 3.67. The fourth-order valence-electron chi connectivity index (χ4n) is 2.36. The number of aliphatic hydroxyl groups is 1. The lowest BCUT2D eigenvalue weighted by Crippen LogP contribution is -1.98. The zero-order valence-corrected chi connectivity index (χ0v) is 13.7. The normalized spacial score (nSPS) is 12.9. The second-order valence-corrected chi connectivity index (χ2v) is 6.01. The van der Waals surface area contributed by atoms with Gasteiger partial charge in [0.05, 0.1) is 6.10 Å². The maximum Gasteiger partial charge on any atom is 0.303 e. The minimum atomic E-state index is -0.677. The Morgan fingerprint density at radius 2 is 1.33 bits per heavy atom. The van der Waals surface area contributed by atoms with Crippen LogP contribution in [-0.4, -0.2) is 22.3 Å². The summed E-state index contributed by atoms with van der Waals surface area (Å²) >= 11 is 0. The summed E-state index contributed by atoms with van der Waals surface area (Å²) in [4.78, 5) is 10.3. The number of hydrogen-bond donors (Lipinski definition) is 2. The van der Waals surface area contributed by atoms with Crippen molar-refractivity contribution >= 4 is 5.97 Å². The van der Waals surface area contributed by atoms with Crippen molar-refractivity contribution in [3.8, 4) is 0 Å². The van der Waals surface area contributed by atoms with Crippen LogP contribution in [0, 0.1) is 0 Å². The number of carbonyl (C=O) groups is 1. The first kappa shape index (κ1) is 20.2. The van der Waals surface area contributed by atoms with Crippen LogP contribution in [0.15, 0.2) is 12.2 Å². The summed E-state index contributed by atoms with van der Waals surface area (Å²) < 4.78 is 0. The minimum absolute atomic E-state index is 0.144. The average Bonchev–Trinajstić information content (AvgIpc) is 2.42. The summed E-state index contributed by atoms with van der Waals surface area (Å²) in [5, 5.41) is 17.6. The molecular formula is C18H34O3. The van der Waals surface area contributed by atoms with Gasteiger partial charge in [-0.05, 0) is 45.4 Å². The quantitative estimate of drug-likeness (QED) is 0.327. The van der Waals surface area contributed by atoms with Crippen LogP contribution in [0.4, 0.5) is 0 Å². The summed E-state index contributed by atoms with van der Waals surface area (Å²) in [6.45, 7) is 1.86. The van der Waals surface area contributed by atoms with Gasteiger partial charge in [0.15, 0.2) is 0 Å². The third kappa shape index (κ3) is 19.2. The topological polar surface area (TPSA) is 57.5 Å². The molecule has 1 atom stereocenters. The second-order valence-electron chi connectivity index (χ2n) is 6.01. The van der Waals surface area contributed by atoms with E-state index in [9.17, 15) is 4.79 Å². The minimum Gasteiger partial charge on any atom is -0.481 e. The lowest BCUT2D eigenvalue weighted by molar-refractivity contribution is -0.137. The van der Waals surface area contributed by atoms with Crippen LogP contribution in [-0.2, 0) is 4.79 Å². The number of carboxylic acids is 1. The van der Waals surface area contributed by atoms with Gasteiger partial charge in [0, 0.05) is 6.42 Å². The molecule has 0 aromatic heterocycles. The zero-order chi connectivity index (χ0) is 15.8. The Morgan fingerprint density at radius 3 is 1.86 bits per heavy atom. The molecule has 0 spiro atoms. The molecule has 3 nitrogen and oxygen atoms in total. The zero-order valence-electron chi connectivity index (χ0n) is 13.7. The highest BCUT2D eigenvalue weighted by Crippen LogP contribution is 2.10. The Kier molecular flexibility index (Phi) is 14.9. The molecule has 21 heavy (non-hydrogen) atoms. The van der Waals surface area contributed by atoms with Crippen molar-refractivity contribution in [2.75, 3.05) is 0 Å². The van der Waals surface area contributed by atoms with Gasteiger partial charge in [-0.25, -0.2) is 0 Å². The van der Waals surface area contributed by atoms with E-state index in [4.69, 9.17) is 10.2 Å². The summed E-state index contributed by atoms with van der Waals surface area (Å²) in [5.41, 5.74) is 0. The van der Waals surface area contributed by atoms with E-state index in [-0.39, 0.29) is 6.10 Å². The summed E-state index contributed by atoms with van der Waals surface area (Å²) in [7, 11) is 0. The second kappa shape index (κ2) is 15.6. The van der Waals surface area contributed by atoms with Crippen molar-refractivity contribution in [3.05, 3.63) is 12.2 Å². The molecule has 0 saturated carbocycles. The fourth-order valence-corrected chi connectivity index (χ4v) is 2.36. The van der Waals surface area contributed by atoms with Gasteiger partial charge >= 0.3 is 5.97 Å². The predicted octanol–water partition coefficient (Wildman–Crippen LogP) is 5.08.